The molecule has 36 heavy (non-hydrogen) atoms. The molecule has 2 aromatic carbocycles. The van der Waals surface area contributed by atoms with Crippen LogP contribution in [0.3, 0.4) is 0 Å². The first-order valence-electron chi connectivity index (χ1n) is 11.2. The Kier molecular flexibility index (Phi) is 7.27. The Labute approximate surface area is 207 Å². The summed E-state index contributed by atoms with van der Waals surface area (Å²) in [7, 11) is -4.29. The number of fused-ring (bicyclic) bond motifs is 3. The number of benzene rings is 2. The summed E-state index contributed by atoms with van der Waals surface area (Å²) in [5, 5.41) is 9.29. The van der Waals surface area contributed by atoms with Crippen LogP contribution in [0.5, 0.6) is 11.5 Å². The number of nitrogens with zero attached hydrogens (tertiary/aromatic N) is 3. The van der Waals surface area contributed by atoms with E-state index in [1.807, 2.05) is 13.8 Å². The fourth-order valence-corrected chi connectivity index (χ4v) is 5.10. The van der Waals surface area contributed by atoms with Crippen molar-refractivity contribution in [3.8, 4) is 17.2 Å². The highest BCUT2D eigenvalue weighted by molar-refractivity contribution is 7.92. The van der Waals surface area contributed by atoms with Crippen molar-refractivity contribution in [2.45, 2.75) is 25.3 Å². The summed E-state index contributed by atoms with van der Waals surface area (Å²) in [5.41, 5.74) is 0.435. The largest absolute Gasteiger partial charge is 0.511 e. The number of rotatable bonds is 9. The molecule has 4 rings (SSSR count). The summed E-state index contributed by atoms with van der Waals surface area (Å²) in [6.45, 7) is 6.23. The van der Waals surface area contributed by atoms with E-state index in [1.165, 1.54) is 6.07 Å². The molecule has 0 saturated carbocycles. The fraction of sp³-hybridized carbons (Fsp3) is 0.250. The van der Waals surface area contributed by atoms with Gasteiger partial charge in [0.2, 0.25) is 5.75 Å². The normalized spacial score (nSPS) is 12.8. The molecule has 0 saturated heterocycles. The average molecular weight is 517 g/mol. The quantitative estimate of drug-likeness (QED) is 0.322. The third kappa shape index (κ3) is 5.19. The summed E-state index contributed by atoms with van der Waals surface area (Å²) in [5.74, 6) is -0.278. The zero-order valence-electron chi connectivity index (χ0n) is 19.6. The van der Waals surface area contributed by atoms with Gasteiger partial charge in [-0.1, -0.05) is 26.0 Å². The van der Waals surface area contributed by atoms with Crippen molar-refractivity contribution in [2.24, 2.45) is 0 Å². The number of carbonyl (C=O) groups is 1. The van der Waals surface area contributed by atoms with Crippen molar-refractivity contribution in [1.82, 2.24) is 14.5 Å². The Hall–Kier alpha value is -3.90. The zero-order chi connectivity index (χ0) is 25.9. The molecule has 2 N–H and O–H groups in total. The van der Waals surface area contributed by atoms with Crippen LogP contribution in [0.1, 0.15) is 25.2 Å². The molecule has 2 heterocycles. The van der Waals surface area contributed by atoms with E-state index in [0.29, 0.717) is 18.1 Å². The molecule has 10 nitrogen and oxygen atoms in total. The first-order valence-corrected chi connectivity index (χ1v) is 12.7. The number of ether oxygens (including phenoxy) is 2. The predicted molar refractivity (Wildman–Crippen MR) is 131 cm³/mol. The van der Waals surface area contributed by atoms with Gasteiger partial charge in [0.1, 0.15) is 12.4 Å². The maximum atomic E-state index is 14.0. The van der Waals surface area contributed by atoms with Crippen LogP contribution in [-0.2, 0) is 16.6 Å². The van der Waals surface area contributed by atoms with Crippen LogP contribution in [-0.4, -0.2) is 53.8 Å². The number of nitrogens with one attached hydrogen (secondary N) is 1. The third-order valence-electron chi connectivity index (χ3n) is 5.66. The lowest BCUT2D eigenvalue weighted by molar-refractivity contribution is 0.141. The molecule has 1 aliphatic heterocycles. The molecule has 0 atom stereocenters. The number of aromatic nitrogens is 2. The molecule has 190 valence electrons. The van der Waals surface area contributed by atoms with Gasteiger partial charge in [0.15, 0.2) is 11.6 Å². The highest BCUT2D eigenvalue weighted by Crippen LogP contribution is 2.44. The molecule has 3 aromatic rings. The maximum Gasteiger partial charge on any atom is 0.511 e. The zero-order valence-corrected chi connectivity index (χ0v) is 20.5. The number of hydrogen-bond acceptors (Lipinski definition) is 7. The van der Waals surface area contributed by atoms with Gasteiger partial charge in [-0.25, -0.2) is 22.6 Å². The van der Waals surface area contributed by atoms with E-state index in [0.717, 1.165) is 31.3 Å². The highest BCUT2D eigenvalue weighted by Gasteiger charge is 2.28. The van der Waals surface area contributed by atoms with E-state index in [1.54, 1.807) is 35.2 Å². The monoisotopic (exact) mass is 516 g/mol. The topological polar surface area (TPSA) is 123 Å². The molecule has 0 radical (unpaired) electrons. The number of sulfonamides is 1. The van der Waals surface area contributed by atoms with E-state index in [9.17, 15) is 22.7 Å². The maximum absolute atomic E-state index is 14.0. The van der Waals surface area contributed by atoms with E-state index in [4.69, 9.17) is 9.47 Å². The van der Waals surface area contributed by atoms with Gasteiger partial charge in [-0.15, -0.1) is 0 Å². The minimum Gasteiger partial charge on any atom is -0.479 e. The molecule has 0 spiro atoms. The van der Waals surface area contributed by atoms with Crippen molar-refractivity contribution >= 4 is 27.9 Å². The second kappa shape index (κ2) is 10.4. The third-order valence-corrected chi connectivity index (χ3v) is 7.10. The molecule has 0 unspecified atom stereocenters. The van der Waals surface area contributed by atoms with Gasteiger partial charge in [-0.3, -0.25) is 9.29 Å². The van der Waals surface area contributed by atoms with Gasteiger partial charge < -0.3 is 19.5 Å². The molecule has 0 aliphatic carbocycles. The van der Waals surface area contributed by atoms with Gasteiger partial charge in [-0.2, -0.15) is 0 Å². The van der Waals surface area contributed by atoms with E-state index in [2.05, 4.69) is 14.6 Å². The minimum atomic E-state index is -4.29. The second-order valence-electron chi connectivity index (χ2n) is 7.84. The lowest BCUT2D eigenvalue weighted by Crippen LogP contribution is -2.22. The van der Waals surface area contributed by atoms with Gasteiger partial charge in [0, 0.05) is 18.9 Å². The fourth-order valence-electron chi connectivity index (χ4n) is 3.85. The Morgan fingerprint density at radius 1 is 1.31 bits per heavy atom. The smallest absolute Gasteiger partial charge is 0.479 e. The van der Waals surface area contributed by atoms with Crippen molar-refractivity contribution in [3.05, 3.63) is 66.0 Å². The number of hydrogen-bond donors (Lipinski definition) is 2. The molecule has 0 bridgehead atoms. The van der Waals surface area contributed by atoms with Crippen molar-refractivity contribution in [3.63, 3.8) is 0 Å². The number of halogens is 1. The van der Waals surface area contributed by atoms with Crippen LogP contribution in [0.15, 0.2) is 53.7 Å². The molecule has 0 amide bonds. The van der Waals surface area contributed by atoms with Crippen LogP contribution >= 0.6 is 0 Å². The molecule has 1 aromatic heterocycles. The lowest BCUT2D eigenvalue weighted by Gasteiger charge is -2.23. The molecule has 12 heteroatoms. The second-order valence-corrected chi connectivity index (χ2v) is 9.49. The standard InChI is InChI=1S/C24H25FN4O6S/c1-3-28(4-2)12-5-6-16-14-17(25)7-10-20(16)36(32,33)27-18-8-9-19-23(22(18)35-24(30)31)34-15-21-26-11-13-29(19)21/h5-11,13-14,27H,3-4,12,15H2,1-2H3,(H,30,31)/b6-5-. The van der Waals surface area contributed by atoms with Gasteiger partial charge in [-0.05, 0) is 49.0 Å². The van der Waals surface area contributed by atoms with Gasteiger partial charge >= 0.3 is 6.16 Å². The number of anilines is 1. The molecule has 1 aliphatic rings. The lowest BCUT2D eigenvalue weighted by atomic mass is 10.2. The van der Waals surface area contributed by atoms with E-state index < -0.39 is 22.0 Å². The van der Waals surface area contributed by atoms with Crippen LogP contribution in [0, 0.1) is 5.82 Å². The molecular formula is C24H25FN4O6S. The van der Waals surface area contributed by atoms with Crippen LogP contribution < -0.4 is 14.2 Å². The van der Waals surface area contributed by atoms with E-state index >= 15 is 0 Å². The van der Waals surface area contributed by atoms with Crippen molar-refractivity contribution < 1.29 is 32.2 Å². The predicted octanol–water partition coefficient (Wildman–Crippen LogP) is 4.12. The summed E-state index contributed by atoms with van der Waals surface area (Å²) in [6, 6.07) is 6.24. The molecule has 0 fully saturated rings. The van der Waals surface area contributed by atoms with Gasteiger partial charge in [0.25, 0.3) is 10.0 Å². The summed E-state index contributed by atoms with van der Waals surface area (Å²) in [4.78, 5) is 17.5. The number of carboxylic acid groups (broad SMARTS) is 1. The number of likely N-dealkylation sites (N-methyl/N-ethyl adjacent to an activating group) is 1. The van der Waals surface area contributed by atoms with Crippen LogP contribution in [0.2, 0.25) is 0 Å². The van der Waals surface area contributed by atoms with Crippen molar-refractivity contribution in [2.75, 3.05) is 24.4 Å². The summed E-state index contributed by atoms with van der Waals surface area (Å²) >= 11 is 0. The van der Waals surface area contributed by atoms with Gasteiger partial charge in [0.05, 0.1) is 16.3 Å². The van der Waals surface area contributed by atoms with Crippen LogP contribution in [0.25, 0.3) is 11.8 Å². The SMILES string of the molecule is CCN(CC)C/C=C\c1cc(F)ccc1S(=O)(=O)Nc1ccc2c(c1OC(=O)O)OCc1nccn1-2. The Morgan fingerprint density at radius 2 is 2.08 bits per heavy atom. The molecular weight excluding hydrogens is 491 g/mol. The van der Waals surface area contributed by atoms with Crippen LogP contribution in [0.4, 0.5) is 14.9 Å². The average Bonchev–Trinajstić information content (AvgIpc) is 3.32. The minimum absolute atomic E-state index is 0.0334. The van der Waals surface area contributed by atoms with Crippen molar-refractivity contribution in [1.29, 1.82) is 0 Å². The Morgan fingerprint density at radius 3 is 2.81 bits per heavy atom. The first-order chi connectivity index (χ1) is 17.2. The highest BCUT2D eigenvalue weighted by atomic mass is 32.2. The van der Waals surface area contributed by atoms with E-state index in [-0.39, 0.29) is 34.3 Å². The Balaban J connectivity index is 1.72. The Bertz CT molecular complexity index is 1420. The summed E-state index contributed by atoms with van der Waals surface area (Å²) < 4.78 is 55.4. The first kappa shape index (κ1) is 25.2. The number of imidazole rings is 1. The summed E-state index contributed by atoms with van der Waals surface area (Å²) in [6.07, 6.45) is 4.88.